The number of hydrogen-bond acceptors (Lipinski definition) is 13. The number of benzene rings is 3. The van der Waals surface area contributed by atoms with Crippen molar-refractivity contribution in [1.82, 2.24) is 15.0 Å². The molecule has 16 nitrogen and oxygen atoms in total. The zero-order chi connectivity index (χ0) is 29.6. The van der Waals surface area contributed by atoms with E-state index in [2.05, 4.69) is 30.5 Å². The molecule has 1 heterocycles. The van der Waals surface area contributed by atoms with Gasteiger partial charge < -0.3 is 10.4 Å². The van der Waals surface area contributed by atoms with Crippen LogP contribution in [0, 0.1) is 0 Å². The van der Waals surface area contributed by atoms with Crippen molar-refractivity contribution in [1.29, 1.82) is 0 Å². The molecule has 1 aromatic heterocycles. The lowest BCUT2D eigenvalue weighted by atomic mass is 10.1. The van der Waals surface area contributed by atoms with Crippen molar-refractivity contribution in [3.8, 4) is 5.75 Å². The number of aromatic hydroxyl groups is 1. The quantitative estimate of drug-likeness (QED) is 0.140. The van der Waals surface area contributed by atoms with Gasteiger partial charge in [0.2, 0.25) is 16.5 Å². The Hall–Kier alpha value is -3.56. The topological polar surface area (TPSA) is 259 Å². The van der Waals surface area contributed by atoms with Crippen LogP contribution in [0.25, 0.3) is 10.8 Å². The van der Waals surface area contributed by atoms with Crippen molar-refractivity contribution < 1.29 is 44.0 Å². The minimum Gasteiger partial charge on any atom is -0.507 e. The van der Waals surface area contributed by atoms with Crippen LogP contribution >= 0.6 is 23.2 Å². The lowest BCUT2D eigenvalue weighted by Crippen LogP contribution is -2.02. The Morgan fingerprint density at radius 3 is 1.85 bits per heavy atom. The van der Waals surface area contributed by atoms with Crippen LogP contribution in [0.1, 0.15) is 0 Å². The van der Waals surface area contributed by atoms with Crippen molar-refractivity contribution in [2.75, 3.05) is 5.32 Å². The molecule has 4 rings (SSSR count). The molecule has 0 unspecified atom stereocenters. The summed E-state index contributed by atoms with van der Waals surface area (Å²) in [6.45, 7) is 0. The maximum atomic E-state index is 12.0. The van der Waals surface area contributed by atoms with E-state index in [4.69, 9.17) is 23.2 Å². The number of anilines is 2. The zero-order valence-electron chi connectivity index (χ0n) is 19.0. The maximum absolute atomic E-state index is 12.0. The Kier molecular flexibility index (Phi) is 7.68. The van der Waals surface area contributed by atoms with E-state index in [1.807, 2.05) is 0 Å². The van der Waals surface area contributed by atoms with Gasteiger partial charge >= 0.3 is 0 Å². The predicted molar refractivity (Wildman–Crippen MR) is 139 cm³/mol. The number of azo groups is 1. The molecule has 0 bridgehead atoms. The molecule has 0 radical (unpaired) electrons. The first-order valence-corrected chi connectivity index (χ1v) is 15.1. The molecule has 0 aliphatic carbocycles. The molecule has 0 saturated carbocycles. The molecule has 0 atom stereocenters. The number of hydrogen-bond donors (Lipinski definition) is 5. The van der Waals surface area contributed by atoms with Gasteiger partial charge in [-0.05, 0) is 65.0 Å². The van der Waals surface area contributed by atoms with E-state index >= 15 is 0 Å². The first-order chi connectivity index (χ1) is 18.4. The fourth-order valence-electron chi connectivity index (χ4n) is 3.27. The van der Waals surface area contributed by atoms with Gasteiger partial charge in [0.1, 0.15) is 26.9 Å². The molecule has 0 aliphatic rings. The number of fused-ring (bicyclic) bond motifs is 1. The molecule has 0 fully saturated rings. The lowest BCUT2D eigenvalue weighted by Gasteiger charge is -2.09. The summed E-state index contributed by atoms with van der Waals surface area (Å²) in [4.78, 5) is 8.57. The van der Waals surface area contributed by atoms with Crippen LogP contribution < -0.4 is 5.32 Å². The summed E-state index contributed by atoms with van der Waals surface area (Å²) in [6.07, 6.45) is 0. The smallest absolute Gasteiger partial charge is 0.296 e. The number of rotatable bonds is 7. The molecule has 210 valence electrons. The lowest BCUT2D eigenvalue weighted by molar-refractivity contribution is 0.471. The molecule has 21 heteroatoms. The van der Waals surface area contributed by atoms with Crippen LogP contribution in [0.3, 0.4) is 0 Å². The van der Waals surface area contributed by atoms with E-state index < -0.39 is 62.2 Å². The van der Waals surface area contributed by atoms with Crippen LogP contribution in [0.4, 0.5) is 23.0 Å². The van der Waals surface area contributed by atoms with Gasteiger partial charge in [-0.25, -0.2) is 0 Å². The van der Waals surface area contributed by atoms with Crippen molar-refractivity contribution >= 4 is 87.3 Å². The van der Waals surface area contributed by atoms with Crippen molar-refractivity contribution in [2.24, 2.45) is 10.2 Å². The Morgan fingerprint density at radius 2 is 1.27 bits per heavy atom. The summed E-state index contributed by atoms with van der Waals surface area (Å²) in [5, 5.41) is 19.2. The van der Waals surface area contributed by atoms with Crippen molar-refractivity contribution in [3.63, 3.8) is 0 Å². The second-order valence-electron chi connectivity index (χ2n) is 7.61. The van der Waals surface area contributed by atoms with Gasteiger partial charge in [0, 0.05) is 17.1 Å². The maximum Gasteiger partial charge on any atom is 0.296 e. The third kappa shape index (κ3) is 6.59. The Bertz CT molecular complexity index is 2040. The average Bonchev–Trinajstić information content (AvgIpc) is 2.80. The minimum atomic E-state index is -5.04. The predicted octanol–water partition coefficient (Wildman–Crippen LogP) is 3.94. The number of nitrogens with one attached hydrogen (secondary N) is 1. The highest BCUT2D eigenvalue weighted by atomic mass is 35.5. The molecule has 3 aromatic carbocycles. The van der Waals surface area contributed by atoms with Gasteiger partial charge in [0.15, 0.2) is 0 Å². The minimum absolute atomic E-state index is 0.00815. The molecule has 0 spiro atoms. The number of nitrogens with zero attached hydrogens (tertiary/aromatic N) is 5. The van der Waals surface area contributed by atoms with Gasteiger partial charge in [-0.1, -0.05) is 0 Å². The molecule has 0 saturated heterocycles. The van der Waals surface area contributed by atoms with Crippen LogP contribution in [0.15, 0.2) is 67.4 Å². The molecule has 4 aromatic rings. The van der Waals surface area contributed by atoms with Gasteiger partial charge in [0.25, 0.3) is 30.4 Å². The summed E-state index contributed by atoms with van der Waals surface area (Å²) in [5.74, 6) is -0.886. The largest absolute Gasteiger partial charge is 0.507 e. The van der Waals surface area contributed by atoms with Crippen molar-refractivity contribution in [3.05, 3.63) is 53.0 Å². The number of halogens is 2. The average molecular weight is 651 g/mol. The summed E-state index contributed by atoms with van der Waals surface area (Å²) >= 11 is 11.4. The monoisotopic (exact) mass is 650 g/mol. The van der Waals surface area contributed by atoms with Gasteiger partial charge in [-0.15, -0.1) is 10.2 Å². The molecule has 0 aliphatic heterocycles. The van der Waals surface area contributed by atoms with Gasteiger partial charge in [-0.3, -0.25) is 13.7 Å². The van der Waals surface area contributed by atoms with Gasteiger partial charge in [0.05, 0.1) is 4.90 Å². The van der Waals surface area contributed by atoms with Crippen LogP contribution in [0.5, 0.6) is 5.75 Å². The molecular weight excluding hydrogens is 639 g/mol. The second kappa shape index (κ2) is 10.4. The van der Waals surface area contributed by atoms with E-state index in [1.54, 1.807) is 0 Å². The first kappa shape index (κ1) is 29.4. The fraction of sp³-hybridized carbons (Fsp3) is 0. The summed E-state index contributed by atoms with van der Waals surface area (Å²) < 4.78 is 99.7. The van der Waals surface area contributed by atoms with Crippen molar-refractivity contribution in [2.45, 2.75) is 14.7 Å². The van der Waals surface area contributed by atoms with E-state index in [-0.39, 0.29) is 33.0 Å². The SMILES string of the molecule is O=S(=O)(O)c1cc(O)c2cc(N=Nc3ccc(Nc4nc(Cl)nc(Cl)n4)cc3S(=O)(=O)O)c(S(=O)(=O)O)cc2c1. The number of phenolic OH excluding ortho intramolecular Hbond substituents is 1. The Balaban J connectivity index is 1.83. The fourth-order valence-corrected chi connectivity index (χ4v) is 5.46. The third-order valence-electron chi connectivity index (χ3n) is 4.90. The molecule has 5 N–H and O–H groups in total. The first-order valence-electron chi connectivity index (χ1n) is 10.0. The van der Waals surface area contributed by atoms with E-state index in [9.17, 15) is 44.0 Å². The summed E-state index contributed by atoms with van der Waals surface area (Å²) in [6, 6.07) is 6.38. The van der Waals surface area contributed by atoms with Crippen LogP contribution in [-0.4, -0.2) is 59.0 Å². The van der Waals surface area contributed by atoms with Crippen LogP contribution in [-0.2, 0) is 30.4 Å². The standard InChI is InChI=1S/C19H12Cl2N6O10S3/c20-17-23-18(21)25-19(24-17)22-9-1-2-12(16(5-9)40(35,36)37)26-27-13-7-11-8(4-15(13)39(32,33)34)3-10(6-14(11)28)38(29,30)31/h1-7,28H,(H,29,30,31)(H,32,33,34)(H,35,36,37)(H,22,23,24,25). The number of aromatic nitrogens is 3. The number of phenols is 1. The zero-order valence-corrected chi connectivity index (χ0v) is 23.0. The normalized spacial score (nSPS) is 12.7. The van der Waals surface area contributed by atoms with Crippen LogP contribution in [0.2, 0.25) is 10.6 Å². The van der Waals surface area contributed by atoms with E-state index in [0.717, 1.165) is 30.3 Å². The Labute approximate surface area is 234 Å². The Morgan fingerprint density at radius 1 is 0.700 bits per heavy atom. The highest BCUT2D eigenvalue weighted by molar-refractivity contribution is 7.86. The highest BCUT2D eigenvalue weighted by Gasteiger charge is 2.22. The molecule has 40 heavy (non-hydrogen) atoms. The van der Waals surface area contributed by atoms with E-state index in [1.165, 1.54) is 6.07 Å². The highest BCUT2D eigenvalue weighted by Crippen LogP contribution is 2.37. The summed E-state index contributed by atoms with van der Waals surface area (Å²) in [7, 11) is -14.8. The summed E-state index contributed by atoms with van der Waals surface area (Å²) in [5.41, 5.74) is -1.09. The van der Waals surface area contributed by atoms with Gasteiger partial charge in [-0.2, -0.15) is 40.2 Å². The second-order valence-corrected chi connectivity index (χ2v) is 12.5. The van der Waals surface area contributed by atoms with E-state index in [0.29, 0.717) is 6.07 Å². The molecular formula is C19H12Cl2N6O10S3. The third-order valence-corrected chi connectivity index (χ3v) is 7.83. The molecule has 0 amide bonds.